The van der Waals surface area contributed by atoms with E-state index >= 15 is 0 Å². The number of carbonyl (C=O) groups excluding carboxylic acids is 1. The van der Waals surface area contributed by atoms with E-state index in [-0.39, 0.29) is 12.3 Å². The average molecular weight is 217 g/mol. The highest BCUT2D eigenvalue weighted by molar-refractivity contribution is 5.98. The van der Waals surface area contributed by atoms with Crippen molar-refractivity contribution >= 4 is 22.5 Å². The summed E-state index contributed by atoms with van der Waals surface area (Å²) in [7, 11) is 0. The van der Waals surface area contributed by atoms with Crippen LogP contribution in [-0.2, 0) is 4.79 Å². The molecule has 1 fully saturated rings. The Bertz CT molecular complexity index is 549. The molecule has 1 unspecified atom stereocenters. The minimum absolute atomic E-state index is 0.0321. The number of fused-ring (bicyclic) bond motifs is 1. The largest absolute Gasteiger partial charge is 0.391 e. The predicted octanol–water partition coefficient (Wildman–Crippen LogP) is 0.661. The number of β-amino-alcohol motifs (C(OH)–C–C–N with tert-alkyl or cyclic N) is 1. The van der Waals surface area contributed by atoms with Gasteiger partial charge >= 0.3 is 0 Å². The predicted molar refractivity (Wildman–Crippen MR) is 59.1 cm³/mol. The molecular formula is C11H11N3O2. The molecule has 0 radical (unpaired) electrons. The normalized spacial score (nSPS) is 20.9. The summed E-state index contributed by atoms with van der Waals surface area (Å²) in [6, 6.07) is 5.64. The molecule has 1 aromatic carbocycles. The van der Waals surface area contributed by atoms with Gasteiger partial charge in [-0.15, -0.1) is 0 Å². The number of nitrogens with one attached hydrogen (secondary N) is 1. The van der Waals surface area contributed by atoms with Crippen molar-refractivity contribution in [3.8, 4) is 0 Å². The number of aromatic nitrogens is 2. The monoisotopic (exact) mass is 217 g/mol. The maximum atomic E-state index is 11.6. The second-order valence-corrected chi connectivity index (χ2v) is 4.00. The van der Waals surface area contributed by atoms with Crippen LogP contribution in [0.2, 0.25) is 0 Å². The molecule has 82 valence electrons. The summed E-state index contributed by atoms with van der Waals surface area (Å²) in [5.41, 5.74) is 1.76. The number of amides is 1. The third kappa shape index (κ3) is 1.37. The summed E-state index contributed by atoms with van der Waals surface area (Å²) >= 11 is 0. The van der Waals surface area contributed by atoms with Crippen LogP contribution in [0.25, 0.3) is 10.9 Å². The van der Waals surface area contributed by atoms with E-state index in [1.165, 1.54) is 0 Å². The van der Waals surface area contributed by atoms with Crippen LogP contribution in [0, 0.1) is 0 Å². The number of benzene rings is 1. The van der Waals surface area contributed by atoms with Gasteiger partial charge < -0.3 is 10.0 Å². The van der Waals surface area contributed by atoms with E-state index in [4.69, 9.17) is 0 Å². The number of aliphatic hydroxyl groups is 1. The average Bonchev–Trinajstić information content (AvgIpc) is 2.83. The zero-order valence-corrected chi connectivity index (χ0v) is 8.55. The SMILES string of the molecule is O=C1CC(O)CN1c1ccc2[nH]ncc2c1. The van der Waals surface area contributed by atoms with E-state index < -0.39 is 6.10 Å². The first kappa shape index (κ1) is 9.35. The van der Waals surface area contributed by atoms with E-state index in [2.05, 4.69) is 10.2 Å². The smallest absolute Gasteiger partial charge is 0.229 e. The van der Waals surface area contributed by atoms with Gasteiger partial charge in [0, 0.05) is 11.1 Å². The number of aliphatic hydroxyl groups excluding tert-OH is 1. The van der Waals surface area contributed by atoms with Gasteiger partial charge in [-0.2, -0.15) is 5.10 Å². The van der Waals surface area contributed by atoms with Gasteiger partial charge in [0.1, 0.15) is 0 Å². The molecule has 2 aromatic rings. The fraction of sp³-hybridized carbons (Fsp3) is 0.273. The fourth-order valence-corrected chi connectivity index (χ4v) is 2.04. The minimum atomic E-state index is -0.549. The van der Waals surface area contributed by atoms with E-state index in [9.17, 15) is 9.90 Å². The molecule has 5 heteroatoms. The highest BCUT2D eigenvalue weighted by atomic mass is 16.3. The lowest BCUT2D eigenvalue weighted by Gasteiger charge is -2.15. The lowest BCUT2D eigenvalue weighted by atomic mass is 10.2. The van der Waals surface area contributed by atoms with E-state index in [0.717, 1.165) is 16.6 Å². The maximum Gasteiger partial charge on any atom is 0.229 e. The number of hydrogen-bond acceptors (Lipinski definition) is 3. The molecule has 1 aliphatic rings. The fourth-order valence-electron chi connectivity index (χ4n) is 2.04. The standard InChI is InChI=1S/C11H11N3O2/c15-9-4-11(16)14(6-9)8-1-2-10-7(3-8)5-12-13-10/h1-3,5,9,15H,4,6H2,(H,12,13). The van der Waals surface area contributed by atoms with Crippen molar-refractivity contribution in [1.29, 1.82) is 0 Å². The Hall–Kier alpha value is -1.88. The van der Waals surface area contributed by atoms with Gasteiger partial charge in [0.2, 0.25) is 5.91 Å². The molecule has 0 saturated carbocycles. The highest BCUT2D eigenvalue weighted by Crippen LogP contribution is 2.24. The molecule has 2 N–H and O–H groups in total. The van der Waals surface area contributed by atoms with Crippen LogP contribution in [0.1, 0.15) is 6.42 Å². The number of anilines is 1. The van der Waals surface area contributed by atoms with Crippen molar-refractivity contribution < 1.29 is 9.90 Å². The Morgan fingerprint density at radius 2 is 2.38 bits per heavy atom. The van der Waals surface area contributed by atoms with Gasteiger partial charge in [-0.05, 0) is 18.2 Å². The Morgan fingerprint density at radius 3 is 3.12 bits per heavy atom. The van der Waals surface area contributed by atoms with Crippen LogP contribution in [0.5, 0.6) is 0 Å². The van der Waals surface area contributed by atoms with E-state index in [0.29, 0.717) is 6.54 Å². The van der Waals surface area contributed by atoms with Crippen LogP contribution >= 0.6 is 0 Å². The highest BCUT2D eigenvalue weighted by Gasteiger charge is 2.29. The number of rotatable bonds is 1. The quantitative estimate of drug-likeness (QED) is 0.737. The van der Waals surface area contributed by atoms with Gasteiger partial charge in [-0.1, -0.05) is 0 Å². The first-order valence-corrected chi connectivity index (χ1v) is 5.15. The molecule has 0 bridgehead atoms. The number of H-pyrrole nitrogens is 1. The third-order valence-electron chi connectivity index (χ3n) is 2.84. The number of nitrogens with zero attached hydrogens (tertiary/aromatic N) is 2. The van der Waals surface area contributed by atoms with E-state index in [1.54, 1.807) is 11.1 Å². The summed E-state index contributed by atoms with van der Waals surface area (Å²) in [5.74, 6) is -0.0321. The zero-order chi connectivity index (χ0) is 11.1. The first-order valence-electron chi connectivity index (χ1n) is 5.15. The summed E-state index contributed by atoms with van der Waals surface area (Å²) < 4.78 is 0. The topological polar surface area (TPSA) is 69.2 Å². The molecule has 1 atom stereocenters. The Morgan fingerprint density at radius 1 is 1.50 bits per heavy atom. The molecule has 3 rings (SSSR count). The Balaban J connectivity index is 2.02. The molecule has 16 heavy (non-hydrogen) atoms. The molecule has 0 spiro atoms. The van der Waals surface area contributed by atoms with Crippen LogP contribution in [0.4, 0.5) is 5.69 Å². The van der Waals surface area contributed by atoms with Crippen molar-refractivity contribution in [3.63, 3.8) is 0 Å². The number of hydrogen-bond donors (Lipinski definition) is 2. The summed E-state index contributed by atoms with van der Waals surface area (Å²) in [6.45, 7) is 0.377. The Kier molecular flexibility index (Phi) is 1.94. The van der Waals surface area contributed by atoms with Crippen molar-refractivity contribution in [3.05, 3.63) is 24.4 Å². The summed E-state index contributed by atoms with van der Waals surface area (Å²) in [5, 5.41) is 17.2. The lowest BCUT2D eigenvalue weighted by Crippen LogP contribution is -2.25. The van der Waals surface area contributed by atoms with Crippen LogP contribution in [0.15, 0.2) is 24.4 Å². The zero-order valence-electron chi connectivity index (χ0n) is 8.55. The van der Waals surface area contributed by atoms with Crippen molar-refractivity contribution in [2.45, 2.75) is 12.5 Å². The molecule has 5 nitrogen and oxygen atoms in total. The van der Waals surface area contributed by atoms with Gasteiger partial charge in [0.25, 0.3) is 0 Å². The Labute approximate surface area is 91.7 Å². The molecular weight excluding hydrogens is 206 g/mol. The van der Waals surface area contributed by atoms with Crippen LogP contribution in [-0.4, -0.2) is 33.9 Å². The molecule has 1 aliphatic heterocycles. The third-order valence-corrected chi connectivity index (χ3v) is 2.84. The molecule has 1 saturated heterocycles. The second kappa shape index (κ2) is 3.31. The molecule has 2 heterocycles. The van der Waals surface area contributed by atoms with Gasteiger partial charge in [-0.3, -0.25) is 9.89 Å². The summed E-state index contributed by atoms with van der Waals surface area (Å²) in [4.78, 5) is 13.2. The van der Waals surface area contributed by atoms with Gasteiger partial charge in [0.05, 0.1) is 30.8 Å². The van der Waals surface area contributed by atoms with Crippen molar-refractivity contribution in [2.75, 3.05) is 11.4 Å². The van der Waals surface area contributed by atoms with Crippen LogP contribution in [0.3, 0.4) is 0 Å². The van der Waals surface area contributed by atoms with Crippen molar-refractivity contribution in [2.24, 2.45) is 0 Å². The number of carbonyl (C=O) groups is 1. The molecule has 0 aliphatic carbocycles. The molecule has 1 aromatic heterocycles. The summed E-state index contributed by atoms with van der Waals surface area (Å²) in [6.07, 6.45) is 1.38. The molecule has 1 amide bonds. The lowest BCUT2D eigenvalue weighted by molar-refractivity contribution is -0.117. The second-order valence-electron chi connectivity index (χ2n) is 4.00. The number of aromatic amines is 1. The van der Waals surface area contributed by atoms with Gasteiger partial charge in [0.15, 0.2) is 0 Å². The van der Waals surface area contributed by atoms with Crippen molar-refractivity contribution in [1.82, 2.24) is 10.2 Å². The van der Waals surface area contributed by atoms with Crippen LogP contribution < -0.4 is 4.90 Å². The minimum Gasteiger partial charge on any atom is -0.391 e. The maximum absolute atomic E-state index is 11.6. The first-order chi connectivity index (χ1) is 7.74. The van der Waals surface area contributed by atoms with E-state index in [1.807, 2.05) is 18.2 Å². The van der Waals surface area contributed by atoms with Gasteiger partial charge in [-0.25, -0.2) is 0 Å².